The van der Waals surface area contributed by atoms with Crippen LogP contribution in [0.2, 0.25) is 0 Å². The molecular weight excluding hydrogens is 955 g/mol. The van der Waals surface area contributed by atoms with E-state index in [2.05, 4.69) is 38.8 Å². The van der Waals surface area contributed by atoms with E-state index in [1.165, 1.54) is 70.6 Å². The van der Waals surface area contributed by atoms with E-state index in [-0.39, 0.29) is 47.3 Å². The van der Waals surface area contributed by atoms with E-state index in [9.17, 15) is 52.7 Å². The Morgan fingerprint density at radius 3 is 1.12 bits per heavy atom. The molecule has 0 aliphatic carbocycles. The van der Waals surface area contributed by atoms with Crippen LogP contribution >= 0.6 is 24.4 Å². The first-order chi connectivity index (χ1) is 31.7. The molecule has 68 heavy (non-hydrogen) atoms. The van der Waals surface area contributed by atoms with E-state index < -0.39 is 70.4 Å². The second-order valence-corrected chi connectivity index (χ2v) is 18.6. The average molecular weight is 1020 g/mol. The smallest absolute Gasteiger partial charge is 0.358 e. The lowest BCUT2D eigenvalue weighted by molar-refractivity contribution is -0.144. The van der Waals surface area contributed by atoms with Gasteiger partial charge in [-0.15, -0.1) is 0 Å². The zero-order valence-corrected chi connectivity index (χ0v) is 41.1. The first-order valence-electron chi connectivity index (χ1n) is 23.5. The normalized spacial score (nSPS) is 13.7. The molecule has 7 nitrogen and oxygen atoms in total. The summed E-state index contributed by atoms with van der Waals surface area (Å²) in [6.45, 7) is 10.2. The Balaban J connectivity index is 2.13. The SMILES string of the molecule is CCCCCCCCCCCCCCCCCCNC(=NC[C@@H](NC(=S)Nc1cc(C(F)(F)F)cc(C(F)(F)F)c1)C(C)C)NC[C@@H](NC(=S)Nc1cc(C(F)(F)F)cc(C(F)(F)F)c1)C(C)C. The molecule has 0 spiro atoms. The Morgan fingerprint density at radius 1 is 0.471 bits per heavy atom. The van der Waals surface area contributed by atoms with Gasteiger partial charge in [0.25, 0.3) is 0 Å². The van der Waals surface area contributed by atoms with Gasteiger partial charge in [0, 0.05) is 30.5 Å². The highest BCUT2D eigenvalue weighted by Gasteiger charge is 2.38. The first-order valence-corrected chi connectivity index (χ1v) is 24.3. The van der Waals surface area contributed by atoms with Crippen LogP contribution in [0.3, 0.4) is 0 Å². The number of benzene rings is 2. The standard InChI is InChI=1S/C47H69F12N7S2/c1-6-7-8-9-10-11-12-13-14-15-16-17-18-19-20-21-22-60-41(61-29-39(31(2)3)65-42(67)63-37-25-33(44(48,49)50)23-34(26-37)45(51,52)53)62-30-40(32(4)5)66-43(68)64-38-27-35(46(54,55)56)24-36(28-38)47(57,58)59/h23-28,31-32,39-40H,6-22,29-30H2,1-5H3,(H2,60,61,62)(H2,63,65,67)(H2,64,66,68)/t39-,40-/m1/s1. The molecule has 21 heteroatoms. The fraction of sp³-hybridized carbons (Fsp3) is 0.681. The third-order valence-corrected chi connectivity index (χ3v) is 11.6. The van der Waals surface area contributed by atoms with Gasteiger partial charge in [0.2, 0.25) is 0 Å². The van der Waals surface area contributed by atoms with Gasteiger partial charge in [0.05, 0.1) is 34.8 Å². The van der Waals surface area contributed by atoms with Crippen LogP contribution < -0.4 is 31.9 Å². The van der Waals surface area contributed by atoms with Crippen LogP contribution in [-0.2, 0) is 24.7 Å². The van der Waals surface area contributed by atoms with E-state index in [0.717, 1.165) is 32.1 Å². The van der Waals surface area contributed by atoms with Gasteiger partial charge < -0.3 is 31.9 Å². The highest BCUT2D eigenvalue weighted by atomic mass is 32.1. The summed E-state index contributed by atoms with van der Waals surface area (Å²) >= 11 is 10.6. The number of aliphatic imine (C=N–C) groups is 1. The molecule has 0 aliphatic heterocycles. The molecule has 0 amide bonds. The van der Waals surface area contributed by atoms with Crippen molar-refractivity contribution in [3.8, 4) is 0 Å². The highest BCUT2D eigenvalue weighted by molar-refractivity contribution is 7.80. The van der Waals surface area contributed by atoms with Crippen molar-refractivity contribution in [1.82, 2.24) is 21.3 Å². The summed E-state index contributed by atoms with van der Waals surface area (Å²) in [5.74, 6) is -0.0585. The topological polar surface area (TPSA) is 84.5 Å². The zero-order chi connectivity index (χ0) is 51.1. The Labute approximate surface area is 404 Å². The number of alkyl halides is 12. The van der Waals surface area contributed by atoms with Crippen molar-refractivity contribution in [1.29, 1.82) is 0 Å². The minimum Gasteiger partial charge on any atom is -0.358 e. The van der Waals surface area contributed by atoms with Gasteiger partial charge in [-0.25, -0.2) is 0 Å². The van der Waals surface area contributed by atoms with Gasteiger partial charge in [-0.1, -0.05) is 131 Å². The molecule has 2 aromatic carbocycles. The maximum Gasteiger partial charge on any atom is 0.416 e. The first kappa shape index (κ1) is 60.4. The van der Waals surface area contributed by atoms with Crippen molar-refractivity contribution in [3.05, 3.63) is 58.7 Å². The molecule has 0 heterocycles. The molecule has 0 saturated carbocycles. The predicted molar refractivity (Wildman–Crippen MR) is 257 cm³/mol. The maximum atomic E-state index is 13.5. The van der Waals surface area contributed by atoms with Crippen molar-refractivity contribution in [2.24, 2.45) is 16.8 Å². The highest BCUT2D eigenvalue weighted by Crippen LogP contribution is 2.39. The lowest BCUT2D eigenvalue weighted by Gasteiger charge is -2.27. The van der Waals surface area contributed by atoms with Crippen molar-refractivity contribution in [2.75, 3.05) is 30.3 Å². The lowest BCUT2D eigenvalue weighted by Crippen LogP contribution is -2.50. The third kappa shape index (κ3) is 24.7. The number of halogens is 12. The molecular formula is C47H69F12N7S2. The fourth-order valence-electron chi connectivity index (χ4n) is 7.05. The Morgan fingerprint density at radius 2 is 0.794 bits per heavy atom. The number of anilines is 2. The third-order valence-electron chi connectivity index (χ3n) is 11.2. The summed E-state index contributed by atoms with van der Waals surface area (Å²) in [4.78, 5) is 4.71. The molecule has 2 atom stereocenters. The molecule has 0 saturated heterocycles. The van der Waals surface area contributed by atoms with Crippen LogP contribution in [0.15, 0.2) is 41.4 Å². The fourth-order valence-corrected chi connectivity index (χ4v) is 7.59. The van der Waals surface area contributed by atoms with E-state index in [4.69, 9.17) is 29.4 Å². The van der Waals surface area contributed by atoms with Gasteiger partial charge in [-0.05, 0) is 79.1 Å². The van der Waals surface area contributed by atoms with E-state index in [1.54, 1.807) is 0 Å². The number of hydrogen-bond donors (Lipinski definition) is 6. The van der Waals surface area contributed by atoms with Crippen molar-refractivity contribution in [2.45, 2.75) is 174 Å². The summed E-state index contributed by atoms with van der Waals surface area (Å²) in [6.07, 6.45) is -1.01. The molecule has 0 fully saturated rings. The van der Waals surface area contributed by atoms with Crippen LogP contribution in [0.4, 0.5) is 64.1 Å². The zero-order valence-electron chi connectivity index (χ0n) is 39.5. The lowest BCUT2D eigenvalue weighted by atomic mass is 10.0. The number of guanidine groups is 1. The van der Waals surface area contributed by atoms with Crippen LogP contribution in [0.1, 0.15) is 160 Å². The molecule has 2 aromatic rings. The van der Waals surface area contributed by atoms with Gasteiger partial charge in [-0.3, -0.25) is 4.99 Å². The monoisotopic (exact) mass is 1020 g/mol. The summed E-state index contributed by atoms with van der Waals surface area (Å²) in [5, 5.41) is 16.8. The number of unbranched alkanes of at least 4 members (excludes halogenated alkanes) is 15. The molecule has 0 unspecified atom stereocenters. The number of nitrogens with one attached hydrogen (secondary N) is 6. The van der Waals surface area contributed by atoms with Crippen LogP contribution in [0.25, 0.3) is 0 Å². The van der Waals surface area contributed by atoms with Gasteiger partial charge in [0.15, 0.2) is 16.2 Å². The number of hydrogen-bond acceptors (Lipinski definition) is 3. The van der Waals surface area contributed by atoms with Crippen LogP contribution in [0.5, 0.6) is 0 Å². The second kappa shape index (κ2) is 29.4. The minimum atomic E-state index is -5.06. The van der Waals surface area contributed by atoms with E-state index >= 15 is 0 Å². The molecule has 0 bridgehead atoms. The largest absolute Gasteiger partial charge is 0.416 e. The molecule has 0 aliphatic rings. The molecule has 388 valence electrons. The van der Waals surface area contributed by atoms with E-state index in [0.29, 0.717) is 36.8 Å². The molecule has 0 radical (unpaired) electrons. The van der Waals surface area contributed by atoms with Crippen molar-refractivity contribution in [3.63, 3.8) is 0 Å². The summed E-state index contributed by atoms with van der Waals surface area (Å²) in [7, 11) is 0. The Hall–Kier alpha value is -3.75. The number of nitrogens with zero attached hydrogens (tertiary/aromatic N) is 1. The summed E-state index contributed by atoms with van der Waals surface area (Å²) in [6, 6.07) is 1.03. The Kier molecular flexibility index (Phi) is 26.1. The van der Waals surface area contributed by atoms with Crippen molar-refractivity contribution >= 4 is 52.0 Å². The quantitative estimate of drug-likeness (QED) is 0.0174. The van der Waals surface area contributed by atoms with E-state index in [1.807, 2.05) is 27.7 Å². The second-order valence-electron chi connectivity index (χ2n) is 17.8. The maximum absolute atomic E-state index is 13.5. The molecule has 6 N–H and O–H groups in total. The van der Waals surface area contributed by atoms with Gasteiger partial charge >= 0.3 is 24.7 Å². The molecule has 2 rings (SSSR count). The average Bonchev–Trinajstić information content (AvgIpc) is 3.22. The molecule has 0 aromatic heterocycles. The minimum absolute atomic E-state index is 0.0155. The number of thiocarbonyl (C=S) groups is 2. The summed E-state index contributed by atoms with van der Waals surface area (Å²) < 4.78 is 162. The predicted octanol–water partition coefficient (Wildman–Crippen LogP) is 14.9. The van der Waals surface area contributed by atoms with Gasteiger partial charge in [-0.2, -0.15) is 52.7 Å². The van der Waals surface area contributed by atoms with Crippen LogP contribution in [0, 0.1) is 11.8 Å². The number of rotatable bonds is 27. The van der Waals surface area contributed by atoms with Crippen molar-refractivity contribution < 1.29 is 52.7 Å². The Bertz CT molecular complexity index is 1770. The summed E-state index contributed by atoms with van der Waals surface area (Å²) in [5.41, 5.74) is -7.07. The van der Waals surface area contributed by atoms with Gasteiger partial charge in [0.1, 0.15) is 0 Å². The van der Waals surface area contributed by atoms with Crippen LogP contribution in [-0.4, -0.2) is 47.9 Å².